The van der Waals surface area contributed by atoms with Crippen molar-refractivity contribution in [1.82, 2.24) is 4.90 Å². The van der Waals surface area contributed by atoms with Crippen molar-refractivity contribution in [2.45, 2.75) is 26.0 Å². The average molecular weight is 353 g/mol. The normalized spacial score (nSPS) is 14.8. The second-order valence-electron chi connectivity index (χ2n) is 6.24. The van der Waals surface area contributed by atoms with Crippen LogP contribution in [0.2, 0.25) is 0 Å². The molecule has 2 aromatic carbocycles. The standard InChI is InChI=1S/C21H20FNO3/c1-15(26-20(24)11-8-16-6-9-19(22)10-7-16)21(25)23-13-12-17-4-2-3-5-18(17)14-23/h2-11,15H,12-14H2,1H3/b11-8+. The Morgan fingerprint density at radius 2 is 1.81 bits per heavy atom. The zero-order valence-corrected chi connectivity index (χ0v) is 14.5. The van der Waals surface area contributed by atoms with Gasteiger partial charge in [-0.2, -0.15) is 0 Å². The summed E-state index contributed by atoms with van der Waals surface area (Å²) >= 11 is 0. The molecule has 0 saturated heterocycles. The smallest absolute Gasteiger partial charge is 0.331 e. The molecule has 1 aliphatic rings. The van der Waals surface area contributed by atoms with Gasteiger partial charge in [0.1, 0.15) is 5.82 Å². The van der Waals surface area contributed by atoms with E-state index < -0.39 is 12.1 Å². The highest BCUT2D eigenvalue weighted by Crippen LogP contribution is 2.19. The second kappa shape index (κ2) is 7.95. The van der Waals surface area contributed by atoms with Crippen molar-refractivity contribution in [3.8, 4) is 0 Å². The lowest BCUT2D eigenvalue weighted by Gasteiger charge is -2.30. The number of halogens is 1. The van der Waals surface area contributed by atoms with E-state index in [1.165, 1.54) is 29.8 Å². The Balaban J connectivity index is 1.55. The Kier molecular flexibility index (Phi) is 5.46. The van der Waals surface area contributed by atoms with Gasteiger partial charge < -0.3 is 9.64 Å². The molecule has 4 nitrogen and oxygen atoms in total. The monoisotopic (exact) mass is 353 g/mol. The van der Waals surface area contributed by atoms with Crippen LogP contribution in [0.1, 0.15) is 23.6 Å². The molecule has 2 aromatic rings. The summed E-state index contributed by atoms with van der Waals surface area (Å²) in [5.41, 5.74) is 3.06. The van der Waals surface area contributed by atoms with Crippen LogP contribution in [-0.2, 0) is 27.3 Å². The van der Waals surface area contributed by atoms with Crippen LogP contribution in [0.15, 0.2) is 54.6 Å². The number of carbonyl (C=O) groups excluding carboxylic acids is 2. The fourth-order valence-corrected chi connectivity index (χ4v) is 2.94. The van der Waals surface area contributed by atoms with E-state index in [1.807, 2.05) is 18.2 Å². The van der Waals surface area contributed by atoms with Crippen molar-refractivity contribution >= 4 is 18.0 Å². The molecule has 1 atom stereocenters. The number of carbonyl (C=O) groups is 2. The highest BCUT2D eigenvalue weighted by molar-refractivity contribution is 5.90. The van der Waals surface area contributed by atoms with Crippen molar-refractivity contribution in [3.63, 3.8) is 0 Å². The van der Waals surface area contributed by atoms with Gasteiger partial charge in [-0.1, -0.05) is 36.4 Å². The third-order valence-electron chi connectivity index (χ3n) is 4.36. The van der Waals surface area contributed by atoms with E-state index in [9.17, 15) is 14.0 Å². The number of esters is 1. The quantitative estimate of drug-likeness (QED) is 0.625. The number of nitrogens with zero attached hydrogens (tertiary/aromatic N) is 1. The fraction of sp³-hybridized carbons (Fsp3) is 0.238. The number of hydrogen-bond acceptors (Lipinski definition) is 3. The molecule has 0 N–H and O–H groups in total. The molecular weight excluding hydrogens is 333 g/mol. The average Bonchev–Trinajstić information content (AvgIpc) is 2.66. The van der Waals surface area contributed by atoms with Gasteiger partial charge in [0.05, 0.1) is 0 Å². The molecule has 3 rings (SSSR count). The van der Waals surface area contributed by atoms with Crippen molar-refractivity contribution < 1.29 is 18.7 Å². The van der Waals surface area contributed by atoms with Crippen LogP contribution in [0.4, 0.5) is 4.39 Å². The Bertz CT molecular complexity index is 829. The maximum atomic E-state index is 12.9. The number of rotatable bonds is 4. The van der Waals surface area contributed by atoms with Gasteiger partial charge in [0.15, 0.2) is 6.10 Å². The Hall–Kier alpha value is -2.95. The molecular formula is C21H20FNO3. The van der Waals surface area contributed by atoms with Crippen molar-refractivity contribution in [2.75, 3.05) is 6.54 Å². The van der Waals surface area contributed by atoms with E-state index >= 15 is 0 Å². The number of amides is 1. The topological polar surface area (TPSA) is 46.6 Å². The van der Waals surface area contributed by atoms with E-state index in [4.69, 9.17) is 4.74 Å². The summed E-state index contributed by atoms with van der Waals surface area (Å²) in [5.74, 6) is -1.15. The van der Waals surface area contributed by atoms with Crippen molar-refractivity contribution in [3.05, 3.63) is 77.1 Å². The first-order valence-electron chi connectivity index (χ1n) is 8.53. The molecule has 1 aliphatic heterocycles. The summed E-state index contributed by atoms with van der Waals surface area (Å²) in [4.78, 5) is 26.2. The minimum atomic E-state index is -0.856. The van der Waals surface area contributed by atoms with Gasteiger partial charge >= 0.3 is 5.97 Å². The van der Waals surface area contributed by atoms with Crippen LogP contribution in [0.5, 0.6) is 0 Å². The largest absolute Gasteiger partial charge is 0.449 e. The van der Waals surface area contributed by atoms with Crippen LogP contribution in [0.3, 0.4) is 0 Å². The summed E-state index contributed by atoms with van der Waals surface area (Å²) < 4.78 is 18.1. The van der Waals surface area contributed by atoms with E-state index in [2.05, 4.69) is 6.07 Å². The maximum absolute atomic E-state index is 12.9. The molecule has 1 heterocycles. The van der Waals surface area contributed by atoms with Crippen LogP contribution in [0.25, 0.3) is 6.08 Å². The lowest BCUT2D eigenvalue weighted by Crippen LogP contribution is -2.42. The third kappa shape index (κ3) is 4.36. The summed E-state index contributed by atoms with van der Waals surface area (Å²) in [6, 6.07) is 13.8. The number of benzene rings is 2. The first-order valence-corrected chi connectivity index (χ1v) is 8.53. The van der Waals surface area contributed by atoms with Crippen LogP contribution in [-0.4, -0.2) is 29.4 Å². The van der Waals surface area contributed by atoms with Gasteiger partial charge in [-0.15, -0.1) is 0 Å². The molecule has 0 aliphatic carbocycles. The van der Waals surface area contributed by atoms with Gasteiger partial charge in [0.25, 0.3) is 5.91 Å². The molecule has 0 spiro atoms. The molecule has 134 valence electrons. The molecule has 1 unspecified atom stereocenters. The van der Waals surface area contributed by atoms with Crippen LogP contribution >= 0.6 is 0 Å². The molecule has 5 heteroatoms. The third-order valence-corrected chi connectivity index (χ3v) is 4.36. The van der Waals surface area contributed by atoms with E-state index in [0.717, 1.165) is 12.0 Å². The highest BCUT2D eigenvalue weighted by Gasteiger charge is 2.26. The van der Waals surface area contributed by atoms with Crippen molar-refractivity contribution in [2.24, 2.45) is 0 Å². The first-order chi connectivity index (χ1) is 12.5. The van der Waals surface area contributed by atoms with Crippen molar-refractivity contribution in [1.29, 1.82) is 0 Å². The Morgan fingerprint density at radius 1 is 1.12 bits per heavy atom. The fourth-order valence-electron chi connectivity index (χ4n) is 2.94. The predicted molar refractivity (Wildman–Crippen MR) is 96.6 cm³/mol. The molecule has 0 fully saturated rings. The summed E-state index contributed by atoms with van der Waals surface area (Å²) in [7, 11) is 0. The predicted octanol–water partition coefficient (Wildman–Crippen LogP) is 3.36. The molecule has 0 bridgehead atoms. The highest BCUT2D eigenvalue weighted by atomic mass is 19.1. The number of hydrogen-bond donors (Lipinski definition) is 0. The minimum absolute atomic E-state index is 0.206. The summed E-state index contributed by atoms with van der Waals surface area (Å²) in [6.45, 7) is 2.72. The second-order valence-corrected chi connectivity index (χ2v) is 6.24. The van der Waals surface area contributed by atoms with Gasteiger partial charge in [0.2, 0.25) is 0 Å². The van der Waals surface area contributed by atoms with Crippen LogP contribution in [0, 0.1) is 5.82 Å². The lowest BCUT2D eigenvalue weighted by atomic mass is 9.99. The summed E-state index contributed by atoms with van der Waals surface area (Å²) in [5, 5.41) is 0. The molecule has 0 saturated carbocycles. The van der Waals surface area contributed by atoms with Crippen LogP contribution < -0.4 is 0 Å². The van der Waals surface area contributed by atoms with Gasteiger partial charge in [-0.25, -0.2) is 9.18 Å². The maximum Gasteiger partial charge on any atom is 0.331 e. The van der Waals surface area contributed by atoms with Gasteiger partial charge in [0, 0.05) is 19.2 Å². The number of ether oxygens (including phenoxy) is 1. The summed E-state index contributed by atoms with van der Waals surface area (Å²) in [6.07, 6.45) is 2.71. The molecule has 26 heavy (non-hydrogen) atoms. The van der Waals surface area contributed by atoms with Gasteiger partial charge in [-0.3, -0.25) is 4.79 Å². The van der Waals surface area contributed by atoms with Gasteiger partial charge in [-0.05, 0) is 48.2 Å². The SMILES string of the molecule is CC(OC(=O)/C=C/c1ccc(F)cc1)C(=O)N1CCc2ccccc2C1. The molecule has 1 amide bonds. The minimum Gasteiger partial charge on any atom is -0.449 e. The number of fused-ring (bicyclic) bond motifs is 1. The molecule has 0 radical (unpaired) electrons. The lowest BCUT2D eigenvalue weighted by molar-refractivity contribution is -0.155. The Labute approximate surface area is 151 Å². The van der Waals surface area contributed by atoms with E-state index in [-0.39, 0.29) is 11.7 Å². The zero-order valence-electron chi connectivity index (χ0n) is 14.5. The molecule has 0 aromatic heterocycles. The first kappa shape index (κ1) is 17.9. The Morgan fingerprint density at radius 3 is 2.54 bits per heavy atom. The van der Waals surface area contributed by atoms with E-state index in [0.29, 0.717) is 18.7 Å². The zero-order chi connectivity index (χ0) is 18.5. The van der Waals surface area contributed by atoms with E-state index in [1.54, 1.807) is 24.0 Å².